The van der Waals surface area contributed by atoms with E-state index in [1.54, 1.807) is 6.07 Å². The Morgan fingerprint density at radius 2 is 2.08 bits per heavy atom. The van der Waals surface area contributed by atoms with E-state index in [9.17, 15) is 0 Å². The van der Waals surface area contributed by atoms with Crippen molar-refractivity contribution in [1.29, 1.82) is 0 Å². The fourth-order valence-electron chi connectivity index (χ4n) is 1.07. The van der Waals surface area contributed by atoms with Crippen LogP contribution in [-0.4, -0.2) is 4.98 Å². The number of aromatic nitrogens is 1. The van der Waals surface area contributed by atoms with E-state index < -0.39 is 0 Å². The zero-order chi connectivity index (χ0) is 7.68. The number of nitrogens with zero attached hydrogens (tertiary/aromatic N) is 1. The molecule has 3 heteroatoms. The number of nitrogens with two attached hydrogens (primary N) is 1. The summed E-state index contributed by atoms with van der Waals surface area (Å²) in [7, 11) is 0. The third kappa shape index (κ3) is 1.65. The molecule has 0 bridgehead atoms. The van der Waals surface area contributed by atoms with Gasteiger partial charge in [0.2, 0.25) is 0 Å². The van der Waals surface area contributed by atoms with Crippen LogP contribution in [0.2, 0.25) is 0 Å². The molecular weight excluding hydrogens is 225 g/mol. The second-order valence-corrected chi connectivity index (χ2v) is 2.36. The van der Waals surface area contributed by atoms with Crippen molar-refractivity contribution in [3.8, 4) is 0 Å². The van der Waals surface area contributed by atoms with Crippen molar-refractivity contribution in [2.75, 3.05) is 5.73 Å². The van der Waals surface area contributed by atoms with Crippen molar-refractivity contribution in [2.24, 2.45) is 0 Å². The molecule has 0 atom stereocenters. The molecule has 2 aromatic rings. The fourth-order valence-corrected chi connectivity index (χ4v) is 1.07. The Morgan fingerprint density at radius 1 is 1.25 bits per heavy atom. The molecule has 0 saturated heterocycles. The van der Waals surface area contributed by atoms with E-state index in [0.717, 1.165) is 10.9 Å². The van der Waals surface area contributed by atoms with Gasteiger partial charge in [0.1, 0.15) is 0 Å². The van der Waals surface area contributed by atoms with Gasteiger partial charge in [-0.1, -0.05) is 18.3 Å². The Kier molecular flexibility index (Phi) is 3.18. The fraction of sp³-hybridized carbons (Fsp3) is 0. The predicted octanol–water partition coefficient (Wildman–Crippen LogP) is 1.61. The molecule has 0 unspecified atom stereocenters. The average molecular weight is 232 g/mol. The zero-order valence-electron chi connectivity index (χ0n) is 6.49. The summed E-state index contributed by atoms with van der Waals surface area (Å²) in [6.07, 6.45) is 2.75. The number of fused-ring (bicyclic) bond motifs is 1. The van der Waals surface area contributed by atoms with Gasteiger partial charge in [0.05, 0.1) is 0 Å². The van der Waals surface area contributed by atoms with Gasteiger partial charge in [0.25, 0.3) is 0 Å². The first-order valence-corrected chi connectivity index (χ1v) is 3.39. The largest absolute Gasteiger partial charge is 0.407 e. The summed E-state index contributed by atoms with van der Waals surface area (Å²) in [5.74, 6) is 0. The molecule has 0 spiro atoms. The molecule has 1 radical (unpaired) electrons. The second kappa shape index (κ2) is 3.97. The SMILES string of the molecule is Nc1cccc2cc[c-]nc12.[Y]. The molecule has 2 N–H and O–H groups in total. The minimum atomic E-state index is 0. The second-order valence-electron chi connectivity index (χ2n) is 2.36. The van der Waals surface area contributed by atoms with E-state index in [-0.39, 0.29) is 32.7 Å². The number of benzene rings is 1. The van der Waals surface area contributed by atoms with Crippen LogP contribution in [0, 0.1) is 6.20 Å². The first kappa shape index (κ1) is 9.62. The molecule has 0 aliphatic rings. The van der Waals surface area contributed by atoms with E-state index >= 15 is 0 Å². The molecule has 12 heavy (non-hydrogen) atoms. The van der Waals surface area contributed by atoms with Crippen molar-refractivity contribution in [3.05, 3.63) is 36.5 Å². The molecule has 0 saturated carbocycles. The van der Waals surface area contributed by atoms with Gasteiger partial charge in [-0.3, -0.25) is 0 Å². The zero-order valence-corrected chi connectivity index (χ0v) is 9.33. The minimum absolute atomic E-state index is 0. The normalized spacial score (nSPS) is 9.33. The first-order valence-electron chi connectivity index (χ1n) is 3.39. The average Bonchev–Trinajstić information content (AvgIpc) is 2.06. The van der Waals surface area contributed by atoms with Gasteiger partial charge in [-0.05, 0) is 17.3 Å². The summed E-state index contributed by atoms with van der Waals surface area (Å²) in [6.45, 7) is 0. The third-order valence-corrected chi connectivity index (χ3v) is 1.61. The molecule has 0 amide bonds. The van der Waals surface area contributed by atoms with Crippen molar-refractivity contribution in [1.82, 2.24) is 4.98 Å². The third-order valence-electron chi connectivity index (χ3n) is 1.61. The summed E-state index contributed by atoms with van der Waals surface area (Å²) in [5.41, 5.74) is 7.21. The Labute approximate surface area is 96.1 Å². The number of pyridine rings is 1. The molecule has 2 nitrogen and oxygen atoms in total. The van der Waals surface area contributed by atoms with E-state index in [1.807, 2.05) is 24.3 Å². The summed E-state index contributed by atoms with van der Waals surface area (Å²) >= 11 is 0. The first-order chi connectivity index (χ1) is 5.38. The van der Waals surface area contributed by atoms with Crippen LogP contribution in [0.3, 0.4) is 0 Å². The molecule has 1 heterocycles. The molecule has 0 aliphatic heterocycles. The van der Waals surface area contributed by atoms with Gasteiger partial charge < -0.3 is 10.7 Å². The van der Waals surface area contributed by atoms with Gasteiger partial charge >= 0.3 is 0 Å². The van der Waals surface area contributed by atoms with Gasteiger partial charge in [0, 0.05) is 32.7 Å². The summed E-state index contributed by atoms with van der Waals surface area (Å²) in [6, 6.07) is 9.45. The molecule has 2 rings (SSSR count). The number of hydrogen-bond acceptors (Lipinski definition) is 2. The van der Waals surface area contributed by atoms with Crippen molar-refractivity contribution in [2.45, 2.75) is 0 Å². The van der Waals surface area contributed by atoms with E-state index in [0.29, 0.717) is 5.69 Å². The summed E-state index contributed by atoms with van der Waals surface area (Å²) < 4.78 is 0. The van der Waals surface area contributed by atoms with Crippen molar-refractivity contribution >= 4 is 16.6 Å². The quantitative estimate of drug-likeness (QED) is 0.553. The van der Waals surface area contributed by atoms with Crippen LogP contribution in [0.1, 0.15) is 0 Å². The molecule has 1 aromatic carbocycles. The van der Waals surface area contributed by atoms with E-state index in [1.165, 1.54) is 0 Å². The number of anilines is 1. The van der Waals surface area contributed by atoms with Gasteiger partial charge in [-0.25, -0.2) is 0 Å². The number of nitrogen functional groups attached to an aromatic ring is 1. The van der Waals surface area contributed by atoms with Gasteiger partial charge in [-0.15, -0.1) is 5.39 Å². The maximum Gasteiger partial charge on any atom is 0 e. The smallest absolute Gasteiger partial charge is 0 e. The van der Waals surface area contributed by atoms with Crippen LogP contribution in [0.25, 0.3) is 10.9 Å². The van der Waals surface area contributed by atoms with E-state index in [4.69, 9.17) is 5.73 Å². The standard InChI is InChI=1S/C9H7N2.Y/c10-8-5-1-3-7-4-2-6-11-9(7)8;/h1-5H,10H2;/q-1;. The Bertz CT molecular complexity index is 382. The maximum absolute atomic E-state index is 5.67. The number of rotatable bonds is 0. The minimum Gasteiger partial charge on any atom is -0.407 e. The van der Waals surface area contributed by atoms with Crippen molar-refractivity contribution < 1.29 is 32.7 Å². The van der Waals surface area contributed by atoms with Crippen LogP contribution in [0.4, 0.5) is 5.69 Å². The molecule has 57 valence electrons. The topological polar surface area (TPSA) is 38.9 Å². The molecular formula is C9H7N2Y-. The number of para-hydroxylation sites is 1. The Balaban J connectivity index is 0.000000720. The summed E-state index contributed by atoms with van der Waals surface area (Å²) in [5, 5.41) is 1.06. The molecule has 1 aromatic heterocycles. The van der Waals surface area contributed by atoms with Crippen LogP contribution in [-0.2, 0) is 32.7 Å². The van der Waals surface area contributed by atoms with Gasteiger partial charge in [0.15, 0.2) is 0 Å². The van der Waals surface area contributed by atoms with Crippen LogP contribution in [0.15, 0.2) is 30.3 Å². The summed E-state index contributed by atoms with van der Waals surface area (Å²) in [4.78, 5) is 4.03. The monoisotopic (exact) mass is 232 g/mol. The van der Waals surface area contributed by atoms with Gasteiger partial charge in [-0.2, -0.15) is 12.1 Å². The Morgan fingerprint density at radius 3 is 2.83 bits per heavy atom. The molecule has 0 fully saturated rings. The van der Waals surface area contributed by atoms with Crippen LogP contribution >= 0.6 is 0 Å². The van der Waals surface area contributed by atoms with Crippen LogP contribution < -0.4 is 5.73 Å². The predicted molar refractivity (Wildman–Crippen MR) is 45.0 cm³/mol. The Hall–Kier alpha value is -0.466. The molecule has 0 aliphatic carbocycles. The maximum atomic E-state index is 5.67. The van der Waals surface area contributed by atoms with Crippen molar-refractivity contribution in [3.63, 3.8) is 0 Å². The van der Waals surface area contributed by atoms with E-state index in [2.05, 4.69) is 11.2 Å². The van der Waals surface area contributed by atoms with Crippen LogP contribution in [0.5, 0.6) is 0 Å². The number of hydrogen-bond donors (Lipinski definition) is 1.